The molecule has 0 fully saturated rings. The minimum Gasteiger partial charge on any atom is -0.370 e. The van der Waals surface area contributed by atoms with Crippen molar-refractivity contribution >= 4 is 5.91 Å². The van der Waals surface area contributed by atoms with E-state index in [9.17, 15) is 4.79 Å². The summed E-state index contributed by atoms with van der Waals surface area (Å²) in [7, 11) is 0. The molecular formula is C12H13NO. The summed E-state index contributed by atoms with van der Waals surface area (Å²) in [4.78, 5) is 10.5. The Balaban J connectivity index is 2.56. The van der Waals surface area contributed by atoms with Crippen LogP contribution in [0.15, 0.2) is 24.3 Å². The number of aryl methyl sites for hydroxylation is 1. The fraction of sp³-hybridized carbons (Fsp3) is 0.250. The van der Waals surface area contributed by atoms with Crippen molar-refractivity contribution < 1.29 is 4.79 Å². The maximum atomic E-state index is 10.5. The van der Waals surface area contributed by atoms with Gasteiger partial charge >= 0.3 is 0 Å². The zero-order valence-corrected chi connectivity index (χ0v) is 7.99. The van der Waals surface area contributed by atoms with Crippen LogP contribution in [0, 0.1) is 12.3 Å². The van der Waals surface area contributed by atoms with Gasteiger partial charge in [0.15, 0.2) is 0 Å². The fourth-order valence-electron chi connectivity index (χ4n) is 1.21. The number of hydrogen-bond donors (Lipinski definition) is 1. The maximum absolute atomic E-state index is 10.5. The van der Waals surface area contributed by atoms with E-state index in [-0.39, 0.29) is 5.91 Å². The first-order chi connectivity index (χ1) is 6.72. The molecule has 0 atom stereocenters. The predicted molar refractivity (Wildman–Crippen MR) is 56.5 cm³/mol. The van der Waals surface area contributed by atoms with Gasteiger partial charge in [0.25, 0.3) is 0 Å². The van der Waals surface area contributed by atoms with Crippen molar-refractivity contribution in [2.24, 2.45) is 5.73 Å². The lowest BCUT2D eigenvalue weighted by atomic mass is 10.1. The molecule has 1 rings (SSSR count). The number of terminal acetylenes is 1. The van der Waals surface area contributed by atoms with Gasteiger partial charge < -0.3 is 5.73 Å². The molecule has 2 N–H and O–H groups in total. The van der Waals surface area contributed by atoms with Gasteiger partial charge in [-0.1, -0.05) is 24.3 Å². The third-order valence-electron chi connectivity index (χ3n) is 1.99. The monoisotopic (exact) mass is 187 g/mol. The highest BCUT2D eigenvalue weighted by Crippen LogP contribution is 2.06. The summed E-state index contributed by atoms with van der Waals surface area (Å²) < 4.78 is 0. The summed E-state index contributed by atoms with van der Waals surface area (Å²) in [6.45, 7) is 0. The molecule has 0 aliphatic carbocycles. The smallest absolute Gasteiger partial charge is 0.217 e. The van der Waals surface area contributed by atoms with Gasteiger partial charge in [-0.3, -0.25) is 4.79 Å². The molecule has 2 heteroatoms. The number of hydrogen-bond acceptors (Lipinski definition) is 1. The molecule has 0 saturated heterocycles. The lowest BCUT2D eigenvalue weighted by Crippen LogP contribution is -2.11. The summed E-state index contributed by atoms with van der Waals surface area (Å²) in [5, 5.41) is 0. The zero-order valence-electron chi connectivity index (χ0n) is 7.99. The Hall–Kier alpha value is -1.75. The summed E-state index contributed by atoms with van der Waals surface area (Å²) in [5.41, 5.74) is 7.29. The summed E-state index contributed by atoms with van der Waals surface area (Å²) >= 11 is 0. The van der Waals surface area contributed by atoms with Gasteiger partial charge in [0.2, 0.25) is 5.91 Å². The molecule has 0 aliphatic rings. The number of carbonyl (C=O) groups excluding carboxylic acids is 1. The van der Waals surface area contributed by atoms with E-state index in [4.69, 9.17) is 12.2 Å². The van der Waals surface area contributed by atoms with Crippen LogP contribution in [-0.4, -0.2) is 5.91 Å². The minimum atomic E-state index is -0.266. The van der Waals surface area contributed by atoms with E-state index in [1.165, 1.54) is 0 Å². The van der Waals surface area contributed by atoms with Crippen LogP contribution in [0.4, 0.5) is 0 Å². The van der Waals surface area contributed by atoms with Crippen molar-refractivity contribution in [3.8, 4) is 12.3 Å². The van der Waals surface area contributed by atoms with Crippen LogP contribution in [0.5, 0.6) is 0 Å². The second-order valence-electron chi connectivity index (χ2n) is 3.16. The van der Waals surface area contributed by atoms with E-state index in [1.807, 2.05) is 24.3 Å². The highest BCUT2D eigenvalue weighted by Gasteiger charge is 1.97. The summed E-state index contributed by atoms with van der Waals surface area (Å²) in [6.07, 6.45) is 6.93. The van der Waals surface area contributed by atoms with Crippen LogP contribution < -0.4 is 5.73 Å². The quantitative estimate of drug-likeness (QED) is 0.709. The number of nitrogens with two attached hydrogens (primary N) is 1. The first kappa shape index (κ1) is 10.3. The number of rotatable bonds is 4. The van der Waals surface area contributed by atoms with E-state index in [1.54, 1.807) is 0 Å². The Morgan fingerprint density at radius 3 is 2.36 bits per heavy atom. The van der Waals surface area contributed by atoms with Crippen molar-refractivity contribution in [2.45, 2.75) is 19.3 Å². The molecule has 0 bridgehead atoms. The number of amides is 1. The van der Waals surface area contributed by atoms with Crippen molar-refractivity contribution in [3.63, 3.8) is 0 Å². The van der Waals surface area contributed by atoms with Gasteiger partial charge in [-0.2, -0.15) is 0 Å². The number of primary amides is 1. The van der Waals surface area contributed by atoms with Crippen molar-refractivity contribution in [1.82, 2.24) is 0 Å². The molecular weight excluding hydrogens is 174 g/mol. The van der Waals surface area contributed by atoms with Crippen molar-refractivity contribution in [2.75, 3.05) is 0 Å². The van der Waals surface area contributed by atoms with Crippen LogP contribution in [-0.2, 0) is 17.6 Å². The Labute approximate surface area is 84.1 Å². The number of carbonyl (C=O) groups is 1. The lowest BCUT2D eigenvalue weighted by molar-refractivity contribution is -0.117. The van der Waals surface area contributed by atoms with E-state index < -0.39 is 0 Å². The van der Waals surface area contributed by atoms with Crippen LogP contribution in [0.2, 0.25) is 0 Å². The SMILES string of the molecule is C#CCc1ccc(CCC(N)=O)cc1. The lowest BCUT2D eigenvalue weighted by Gasteiger charge is -2.00. The van der Waals surface area contributed by atoms with Gasteiger partial charge in [-0.05, 0) is 17.5 Å². The molecule has 0 spiro atoms. The molecule has 14 heavy (non-hydrogen) atoms. The Bertz CT molecular complexity index is 346. The molecule has 1 amide bonds. The number of benzene rings is 1. The molecule has 0 aliphatic heterocycles. The second kappa shape index (κ2) is 5.08. The first-order valence-corrected chi connectivity index (χ1v) is 4.52. The van der Waals surface area contributed by atoms with E-state index in [0.29, 0.717) is 19.3 Å². The maximum Gasteiger partial charge on any atom is 0.217 e. The molecule has 0 saturated carbocycles. The van der Waals surface area contributed by atoms with Crippen LogP contribution in [0.25, 0.3) is 0 Å². The van der Waals surface area contributed by atoms with E-state index in [0.717, 1.165) is 11.1 Å². The fourth-order valence-corrected chi connectivity index (χ4v) is 1.21. The Morgan fingerprint density at radius 2 is 1.86 bits per heavy atom. The Morgan fingerprint density at radius 1 is 1.29 bits per heavy atom. The third-order valence-corrected chi connectivity index (χ3v) is 1.99. The van der Waals surface area contributed by atoms with E-state index >= 15 is 0 Å². The second-order valence-corrected chi connectivity index (χ2v) is 3.16. The van der Waals surface area contributed by atoms with Crippen molar-refractivity contribution in [3.05, 3.63) is 35.4 Å². The molecule has 0 radical (unpaired) electrons. The highest BCUT2D eigenvalue weighted by atomic mass is 16.1. The third kappa shape index (κ3) is 3.32. The highest BCUT2D eigenvalue weighted by molar-refractivity contribution is 5.73. The molecule has 0 heterocycles. The van der Waals surface area contributed by atoms with Crippen LogP contribution >= 0.6 is 0 Å². The van der Waals surface area contributed by atoms with Gasteiger partial charge in [-0.15, -0.1) is 12.3 Å². The predicted octanol–water partition coefficient (Wildman–Crippen LogP) is 1.28. The normalized spacial score (nSPS) is 9.36. The summed E-state index contributed by atoms with van der Waals surface area (Å²) in [5.74, 6) is 2.31. The van der Waals surface area contributed by atoms with Gasteiger partial charge in [0.05, 0.1) is 0 Å². The standard InChI is InChI=1S/C12H13NO/c1-2-3-10-4-6-11(7-5-10)8-9-12(13)14/h1,4-7H,3,8-9H2,(H2,13,14). The molecule has 2 nitrogen and oxygen atoms in total. The van der Waals surface area contributed by atoms with Crippen LogP contribution in [0.3, 0.4) is 0 Å². The van der Waals surface area contributed by atoms with Crippen molar-refractivity contribution in [1.29, 1.82) is 0 Å². The summed E-state index contributed by atoms with van der Waals surface area (Å²) in [6, 6.07) is 7.93. The largest absolute Gasteiger partial charge is 0.370 e. The molecule has 1 aromatic rings. The minimum absolute atomic E-state index is 0.266. The van der Waals surface area contributed by atoms with E-state index in [2.05, 4.69) is 5.92 Å². The van der Waals surface area contributed by atoms with Gasteiger partial charge in [0, 0.05) is 12.8 Å². The zero-order chi connectivity index (χ0) is 10.4. The van der Waals surface area contributed by atoms with Gasteiger partial charge in [-0.25, -0.2) is 0 Å². The van der Waals surface area contributed by atoms with Crippen LogP contribution in [0.1, 0.15) is 17.5 Å². The molecule has 0 aromatic heterocycles. The Kier molecular flexibility index (Phi) is 3.75. The molecule has 0 unspecified atom stereocenters. The molecule has 1 aromatic carbocycles. The topological polar surface area (TPSA) is 43.1 Å². The average molecular weight is 187 g/mol. The average Bonchev–Trinajstić information content (AvgIpc) is 2.17. The molecule has 72 valence electrons. The van der Waals surface area contributed by atoms with Gasteiger partial charge in [0.1, 0.15) is 0 Å². The first-order valence-electron chi connectivity index (χ1n) is 4.52.